The lowest BCUT2D eigenvalue weighted by Crippen LogP contribution is -2.39. The molecule has 0 aliphatic heterocycles. The van der Waals surface area contributed by atoms with Crippen LogP contribution < -0.4 is 5.32 Å². The summed E-state index contributed by atoms with van der Waals surface area (Å²) in [6.07, 6.45) is 6.97. The standard InChI is InChI=1S/C13H22N2S/c1-3-5-13(6-4-7-13)10-14-8-12-9-16-11(2)15-12/h9,14H,3-8,10H2,1-2H3. The molecule has 1 aliphatic rings. The van der Waals surface area contributed by atoms with E-state index in [4.69, 9.17) is 0 Å². The first kappa shape index (κ1) is 12.1. The van der Waals surface area contributed by atoms with Crippen LogP contribution in [0.2, 0.25) is 0 Å². The molecule has 1 aliphatic carbocycles. The first-order valence-corrected chi connectivity index (χ1v) is 7.24. The van der Waals surface area contributed by atoms with Gasteiger partial charge in [-0.25, -0.2) is 4.98 Å². The van der Waals surface area contributed by atoms with Crippen LogP contribution in [0, 0.1) is 12.3 Å². The molecule has 0 atom stereocenters. The van der Waals surface area contributed by atoms with E-state index < -0.39 is 0 Å². The van der Waals surface area contributed by atoms with Crippen LogP contribution in [-0.4, -0.2) is 11.5 Å². The lowest BCUT2D eigenvalue weighted by atomic mass is 9.66. The number of nitrogens with zero attached hydrogens (tertiary/aromatic N) is 1. The van der Waals surface area contributed by atoms with Gasteiger partial charge in [-0.3, -0.25) is 0 Å². The first-order chi connectivity index (χ1) is 7.74. The highest BCUT2D eigenvalue weighted by atomic mass is 32.1. The molecule has 2 rings (SSSR count). The molecule has 1 aromatic rings. The number of aromatic nitrogens is 1. The zero-order chi connectivity index (χ0) is 11.4. The number of hydrogen-bond donors (Lipinski definition) is 1. The molecule has 1 saturated carbocycles. The Balaban J connectivity index is 1.74. The van der Waals surface area contributed by atoms with Crippen molar-refractivity contribution in [1.29, 1.82) is 0 Å². The molecule has 0 unspecified atom stereocenters. The van der Waals surface area contributed by atoms with Gasteiger partial charge in [0, 0.05) is 18.5 Å². The molecule has 0 aromatic carbocycles. The third kappa shape index (κ3) is 2.83. The Morgan fingerprint density at radius 1 is 1.50 bits per heavy atom. The van der Waals surface area contributed by atoms with Gasteiger partial charge in [0.25, 0.3) is 0 Å². The summed E-state index contributed by atoms with van der Waals surface area (Å²) in [5.41, 5.74) is 1.83. The maximum Gasteiger partial charge on any atom is 0.0897 e. The van der Waals surface area contributed by atoms with Crippen molar-refractivity contribution in [2.24, 2.45) is 5.41 Å². The molecule has 2 nitrogen and oxygen atoms in total. The molecule has 16 heavy (non-hydrogen) atoms. The van der Waals surface area contributed by atoms with Gasteiger partial charge in [-0.05, 0) is 31.6 Å². The fourth-order valence-corrected chi connectivity index (χ4v) is 3.28. The van der Waals surface area contributed by atoms with Crippen LogP contribution in [0.4, 0.5) is 0 Å². The van der Waals surface area contributed by atoms with E-state index in [1.165, 1.54) is 49.4 Å². The minimum Gasteiger partial charge on any atom is -0.311 e. The number of rotatable bonds is 6. The van der Waals surface area contributed by atoms with E-state index in [0.717, 1.165) is 6.54 Å². The van der Waals surface area contributed by atoms with E-state index in [-0.39, 0.29) is 0 Å². The summed E-state index contributed by atoms with van der Waals surface area (Å²) < 4.78 is 0. The van der Waals surface area contributed by atoms with Crippen LogP contribution in [0.5, 0.6) is 0 Å². The number of thiazole rings is 1. The molecule has 1 fully saturated rings. The van der Waals surface area contributed by atoms with Crippen LogP contribution in [0.25, 0.3) is 0 Å². The normalized spacial score (nSPS) is 18.4. The summed E-state index contributed by atoms with van der Waals surface area (Å²) in [6, 6.07) is 0. The zero-order valence-corrected chi connectivity index (χ0v) is 11.2. The molecule has 90 valence electrons. The third-order valence-electron chi connectivity index (χ3n) is 3.67. The van der Waals surface area contributed by atoms with Gasteiger partial charge in [-0.2, -0.15) is 0 Å². The molecule has 0 radical (unpaired) electrons. The second-order valence-corrected chi connectivity index (χ2v) is 6.13. The van der Waals surface area contributed by atoms with Gasteiger partial charge in [0.2, 0.25) is 0 Å². The summed E-state index contributed by atoms with van der Waals surface area (Å²) in [5, 5.41) is 6.92. The number of aryl methyl sites for hydroxylation is 1. The molecular formula is C13H22N2S. The predicted molar refractivity (Wildman–Crippen MR) is 69.7 cm³/mol. The summed E-state index contributed by atoms with van der Waals surface area (Å²) in [7, 11) is 0. The van der Waals surface area contributed by atoms with Crippen molar-refractivity contribution in [2.75, 3.05) is 6.54 Å². The SMILES string of the molecule is CCCC1(CNCc2csc(C)n2)CCC1. The van der Waals surface area contributed by atoms with E-state index in [1.54, 1.807) is 11.3 Å². The van der Waals surface area contributed by atoms with Gasteiger partial charge in [-0.15, -0.1) is 11.3 Å². The highest BCUT2D eigenvalue weighted by Crippen LogP contribution is 2.44. The molecule has 0 spiro atoms. The van der Waals surface area contributed by atoms with Gasteiger partial charge in [0.15, 0.2) is 0 Å². The average molecular weight is 238 g/mol. The van der Waals surface area contributed by atoms with Crippen molar-refractivity contribution >= 4 is 11.3 Å². The summed E-state index contributed by atoms with van der Waals surface area (Å²) in [4.78, 5) is 4.48. The largest absolute Gasteiger partial charge is 0.311 e. The van der Waals surface area contributed by atoms with Crippen molar-refractivity contribution in [3.63, 3.8) is 0 Å². The Morgan fingerprint density at radius 2 is 2.31 bits per heavy atom. The molecule has 0 amide bonds. The van der Waals surface area contributed by atoms with E-state index in [1.807, 2.05) is 0 Å². The second-order valence-electron chi connectivity index (χ2n) is 5.06. The van der Waals surface area contributed by atoms with Crippen LogP contribution in [0.15, 0.2) is 5.38 Å². The van der Waals surface area contributed by atoms with Gasteiger partial charge in [0.05, 0.1) is 10.7 Å². The molecule has 1 N–H and O–H groups in total. The van der Waals surface area contributed by atoms with Gasteiger partial charge >= 0.3 is 0 Å². The fourth-order valence-electron chi connectivity index (χ4n) is 2.67. The van der Waals surface area contributed by atoms with Crippen molar-refractivity contribution in [3.8, 4) is 0 Å². The minimum atomic E-state index is 0.625. The van der Waals surface area contributed by atoms with Crippen LogP contribution in [0.3, 0.4) is 0 Å². The van der Waals surface area contributed by atoms with Crippen molar-refractivity contribution in [1.82, 2.24) is 10.3 Å². The minimum absolute atomic E-state index is 0.625. The molecule has 1 heterocycles. The van der Waals surface area contributed by atoms with Crippen LogP contribution >= 0.6 is 11.3 Å². The molecule has 1 aromatic heterocycles. The number of hydrogen-bond acceptors (Lipinski definition) is 3. The first-order valence-electron chi connectivity index (χ1n) is 6.36. The quantitative estimate of drug-likeness (QED) is 0.820. The Labute approximate surface area is 102 Å². The van der Waals surface area contributed by atoms with E-state index in [2.05, 4.69) is 29.5 Å². The highest BCUT2D eigenvalue weighted by Gasteiger charge is 2.35. The van der Waals surface area contributed by atoms with E-state index >= 15 is 0 Å². The lowest BCUT2D eigenvalue weighted by molar-refractivity contribution is 0.115. The van der Waals surface area contributed by atoms with Crippen LogP contribution in [-0.2, 0) is 6.54 Å². The maximum absolute atomic E-state index is 4.48. The summed E-state index contributed by atoms with van der Waals surface area (Å²) in [5.74, 6) is 0. The Morgan fingerprint density at radius 3 is 2.81 bits per heavy atom. The monoisotopic (exact) mass is 238 g/mol. The third-order valence-corrected chi connectivity index (χ3v) is 4.49. The smallest absolute Gasteiger partial charge is 0.0897 e. The lowest BCUT2D eigenvalue weighted by Gasteiger charge is -2.42. The Bertz CT molecular complexity index is 328. The fraction of sp³-hybridized carbons (Fsp3) is 0.769. The number of nitrogens with one attached hydrogen (secondary N) is 1. The maximum atomic E-state index is 4.48. The summed E-state index contributed by atoms with van der Waals surface area (Å²) >= 11 is 1.74. The topological polar surface area (TPSA) is 24.9 Å². The Hall–Kier alpha value is -0.410. The van der Waals surface area contributed by atoms with Crippen molar-refractivity contribution in [3.05, 3.63) is 16.1 Å². The second kappa shape index (κ2) is 5.28. The summed E-state index contributed by atoms with van der Waals surface area (Å²) in [6.45, 7) is 6.48. The van der Waals surface area contributed by atoms with Gasteiger partial charge in [0.1, 0.15) is 0 Å². The van der Waals surface area contributed by atoms with Crippen LogP contribution in [0.1, 0.15) is 49.7 Å². The molecular weight excluding hydrogens is 216 g/mol. The van der Waals surface area contributed by atoms with Crippen molar-refractivity contribution in [2.45, 2.75) is 52.5 Å². The Kier molecular flexibility index (Phi) is 3.98. The van der Waals surface area contributed by atoms with Gasteiger partial charge < -0.3 is 5.32 Å². The predicted octanol–water partition coefficient (Wildman–Crippen LogP) is 3.51. The van der Waals surface area contributed by atoms with E-state index in [0.29, 0.717) is 5.41 Å². The van der Waals surface area contributed by atoms with E-state index in [9.17, 15) is 0 Å². The molecule has 0 bridgehead atoms. The average Bonchev–Trinajstić information content (AvgIpc) is 2.60. The molecule has 3 heteroatoms. The van der Waals surface area contributed by atoms with Crippen molar-refractivity contribution < 1.29 is 0 Å². The van der Waals surface area contributed by atoms with Gasteiger partial charge in [-0.1, -0.05) is 19.8 Å². The zero-order valence-electron chi connectivity index (χ0n) is 10.4. The molecule has 0 saturated heterocycles. The highest BCUT2D eigenvalue weighted by molar-refractivity contribution is 7.09.